The summed E-state index contributed by atoms with van der Waals surface area (Å²) in [6, 6.07) is 6.47. The first-order valence-electron chi connectivity index (χ1n) is 2.90. The van der Waals surface area contributed by atoms with Crippen molar-refractivity contribution in [3.63, 3.8) is 0 Å². The van der Waals surface area contributed by atoms with E-state index in [0.29, 0.717) is 11.4 Å². The van der Waals surface area contributed by atoms with E-state index in [2.05, 4.69) is 4.52 Å². The lowest BCUT2D eigenvalue weighted by atomic mass is 10.3. The summed E-state index contributed by atoms with van der Waals surface area (Å²) in [5.74, 6) is 0.362. The van der Waals surface area contributed by atoms with Crippen molar-refractivity contribution in [2.75, 3.05) is 5.73 Å². The molecule has 0 spiro atoms. The van der Waals surface area contributed by atoms with Gasteiger partial charge in [0, 0.05) is 11.8 Å². The third-order valence-corrected chi connectivity index (χ3v) is 1.42. The molecule has 1 aromatic rings. The van der Waals surface area contributed by atoms with Crippen molar-refractivity contribution < 1.29 is 14.3 Å². The number of nitrogen functional groups attached to an aromatic ring is 1. The van der Waals surface area contributed by atoms with E-state index >= 15 is 0 Å². The number of rotatable bonds is 2. The van der Waals surface area contributed by atoms with Crippen LogP contribution in [0.4, 0.5) is 5.69 Å². The van der Waals surface area contributed by atoms with Crippen LogP contribution in [-0.2, 0) is 0 Å². The van der Waals surface area contributed by atoms with Gasteiger partial charge in [-0.05, 0) is 12.1 Å². The molecule has 0 saturated heterocycles. The van der Waals surface area contributed by atoms with Crippen LogP contribution in [0.2, 0.25) is 0 Å². The molecule has 0 aliphatic heterocycles. The highest BCUT2D eigenvalue weighted by atomic mass is 31.2. The monoisotopic (exact) mass is 173 g/mol. The van der Waals surface area contributed by atoms with Gasteiger partial charge in [0.15, 0.2) is 0 Å². The molecule has 4 nitrogen and oxygen atoms in total. The molecule has 0 saturated carbocycles. The first-order valence-corrected chi connectivity index (χ1v) is 4.06. The van der Waals surface area contributed by atoms with Crippen LogP contribution < -0.4 is 10.3 Å². The van der Waals surface area contributed by atoms with Crippen LogP contribution in [0.25, 0.3) is 0 Å². The summed E-state index contributed by atoms with van der Waals surface area (Å²) < 4.78 is 4.59. The van der Waals surface area contributed by atoms with Gasteiger partial charge in [-0.25, -0.2) is 0 Å². The Kier molecular flexibility index (Phi) is 2.65. The average molecular weight is 173 g/mol. The van der Waals surface area contributed by atoms with Crippen LogP contribution >= 0.6 is 8.60 Å². The molecule has 11 heavy (non-hydrogen) atoms. The third-order valence-electron chi connectivity index (χ3n) is 1.05. The molecule has 0 atom stereocenters. The van der Waals surface area contributed by atoms with Crippen LogP contribution in [0, 0.1) is 0 Å². The second-order valence-electron chi connectivity index (χ2n) is 1.92. The van der Waals surface area contributed by atoms with Crippen LogP contribution in [0.5, 0.6) is 5.75 Å². The zero-order valence-corrected chi connectivity index (χ0v) is 6.53. The van der Waals surface area contributed by atoms with Gasteiger partial charge >= 0.3 is 8.60 Å². The molecule has 0 aliphatic carbocycles. The van der Waals surface area contributed by atoms with E-state index in [0.717, 1.165) is 0 Å². The number of hydrogen-bond donors (Lipinski definition) is 3. The summed E-state index contributed by atoms with van der Waals surface area (Å²) in [5.41, 5.74) is 5.93. The largest absolute Gasteiger partial charge is 0.427 e. The van der Waals surface area contributed by atoms with Crippen molar-refractivity contribution in [2.24, 2.45) is 0 Å². The summed E-state index contributed by atoms with van der Waals surface area (Å²) in [6.45, 7) is 0. The Labute approximate surface area is 65.2 Å². The zero-order chi connectivity index (χ0) is 8.27. The smallest absolute Gasteiger partial charge is 0.391 e. The number of hydrogen-bond acceptors (Lipinski definition) is 4. The predicted molar refractivity (Wildman–Crippen MR) is 42.8 cm³/mol. The molecule has 0 fully saturated rings. The fraction of sp³-hybridized carbons (Fsp3) is 0. The second kappa shape index (κ2) is 3.53. The third kappa shape index (κ3) is 2.72. The molecular formula is C6H8NO3P. The maximum atomic E-state index is 8.45. The molecule has 60 valence electrons. The normalized spacial score (nSPS) is 10.1. The fourth-order valence-electron chi connectivity index (χ4n) is 0.666. The van der Waals surface area contributed by atoms with Gasteiger partial charge in [0.25, 0.3) is 0 Å². The lowest BCUT2D eigenvalue weighted by Crippen LogP contribution is -1.87. The number of nitrogens with two attached hydrogens (primary N) is 1. The summed E-state index contributed by atoms with van der Waals surface area (Å²) in [7, 11) is -2.34. The maximum absolute atomic E-state index is 8.45. The van der Waals surface area contributed by atoms with Crippen molar-refractivity contribution in [2.45, 2.75) is 0 Å². The van der Waals surface area contributed by atoms with Gasteiger partial charge < -0.3 is 20.0 Å². The van der Waals surface area contributed by atoms with Crippen molar-refractivity contribution in [3.05, 3.63) is 24.3 Å². The molecule has 0 radical (unpaired) electrons. The Morgan fingerprint density at radius 2 is 2.09 bits per heavy atom. The van der Waals surface area contributed by atoms with E-state index in [9.17, 15) is 0 Å². The lowest BCUT2D eigenvalue weighted by molar-refractivity contribution is 0.375. The van der Waals surface area contributed by atoms with Crippen molar-refractivity contribution >= 4 is 14.3 Å². The second-order valence-corrected chi connectivity index (χ2v) is 2.60. The minimum Gasteiger partial charge on any atom is -0.427 e. The minimum atomic E-state index is -2.34. The predicted octanol–water partition coefficient (Wildman–Crippen LogP) is 0.859. The molecule has 4 N–H and O–H groups in total. The molecule has 0 amide bonds. The number of anilines is 1. The standard InChI is InChI=1S/C6H8NO3P/c7-5-2-1-3-6(4-5)10-11(8)9/h1-4,8-9H,7H2. The fourth-order valence-corrected chi connectivity index (χ4v) is 0.968. The summed E-state index contributed by atoms with van der Waals surface area (Å²) in [5, 5.41) is 0. The molecule has 0 bridgehead atoms. The molecule has 0 aliphatic rings. The van der Waals surface area contributed by atoms with Gasteiger partial charge in [0.2, 0.25) is 0 Å². The lowest BCUT2D eigenvalue weighted by Gasteiger charge is -2.04. The molecular weight excluding hydrogens is 165 g/mol. The van der Waals surface area contributed by atoms with Gasteiger partial charge in [0.05, 0.1) is 0 Å². The first-order chi connectivity index (χ1) is 5.18. The van der Waals surface area contributed by atoms with Gasteiger partial charge in [-0.1, -0.05) is 6.07 Å². The van der Waals surface area contributed by atoms with Crippen LogP contribution in [0.3, 0.4) is 0 Å². The summed E-state index contributed by atoms with van der Waals surface area (Å²) >= 11 is 0. The highest BCUT2D eigenvalue weighted by Crippen LogP contribution is 2.29. The van der Waals surface area contributed by atoms with Crippen molar-refractivity contribution in [1.82, 2.24) is 0 Å². The van der Waals surface area contributed by atoms with Crippen molar-refractivity contribution in [3.8, 4) is 5.75 Å². The SMILES string of the molecule is Nc1cccc(OP(O)O)c1. The number of benzene rings is 1. The Morgan fingerprint density at radius 3 is 2.64 bits per heavy atom. The van der Waals surface area contributed by atoms with E-state index in [1.807, 2.05) is 0 Å². The van der Waals surface area contributed by atoms with E-state index in [1.54, 1.807) is 18.2 Å². The Morgan fingerprint density at radius 1 is 1.36 bits per heavy atom. The van der Waals surface area contributed by atoms with E-state index < -0.39 is 8.60 Å². The van der Waals surface area contributed by atoms with E-state index in [1.165, 1.54) is 6.07 Å². The Balaban J connectivity index is 2.71. The Bertz CT molecular complexity index is 241. The first kappa shape index (κ1) is 8.27. The molecule has 0 aromatic heterocycles. The van der Waals surface area contributed by atoms with Gasteiger partial charge in [-0.3, -0.25) is 0 Å². The molecule has 5 heteroatoms. The van der Waals surface area contributed by atoms with Crippen molar-refractivity contribution in [1.29, 1.82) is 0 Å². The topological polar surface area (TPSA) is 75.7 Å². The minimum absolute atomic E-state index is 0.362. The van der Waals surface area contributed by atoms with Gasteiger partial charge in [0.1, 0.15) is 5.75 Å². The van der Waals surface area contributed by atoms with Gasteiger partial charge in [-0.15, -0.1) is 0 Å². The van der Waals surface area contributed by atoms with Gasteiger partial charge in [-0.2, -0.15) is 0 Å². The molecule has 0 heterocycles. The molecule has 1 rings (SSSR count). The summed E-state index contributed by atoms with van der Waals surface area (Å²) in [6.07, 6.45) is 0. The molecule has 0 unspecified atom stereocenters. The van der Waals surface area contributed by atoms with Crippen LogP contribution in [0.1, 0.15) is 0 Å². The maximum Gasteiger partial charge on any atom is 0.391 e. The zero-order valence-electron chi connectivity index (χ0n) is 5.64. The van der Waals surface area contributed by atoms with E-state index in [-0.39, 0.29) is 0 Å². The summed E-state index contributed by atoms with van der Waals surface area (Å²) in [4.78, 5) is 16.9. The highest BCUT2D eigenvalue weighted by molar-refractivity contribution is 7.39. The average Bonchev–Trinajstić information content (AvgIpc) is 1.85. The Hall–Kier alpha value is -0.830. The quantitative estimate of drug-likeness (QED) is 0.458. The van der Waals surface area contributed by atoms with E-state index in [4.69, 9.17) is 15.5 Å². The highest BCUT2D eigenvalue weighted by Gasteiger charge is 2.01. The van der Waals surface area contributed by atoms with Crippen LogP contribution in [0.15, 0.2) is 24.3 Å². The molecule has 1 aromatic carbocycles. The van der Waals surface area contributed by atoms with Crippen LogP contribution in [-0.4, -0.2) is 9.79 Å².